The number of ether oxygens (including phenoxy) is 2. The van der Waals surface area contributed by atoms with Crippen LogP contribution in [0.25, 0.3) is 0 Å². The molecular formula is C19H12BrF6NO6. The summed E-state index contributed by atoms with van der Waals surface area (Å²) in [7, 11) is 0. The number of benzene rings is 2. The van der Waals surface area contributed by atoms with E-state index in [-0.39, 0.29) is 0 Å². The van der Waals surface area contributed by atoms with Crippen molar-refractivity contribution in [2.75, 3.05) is 13.2 Å². The summed E-state index contributed by atoms with van der Waals surface area (Å²) in [5, 5.41) is 11.4. The van der Waals surface area contributed by atoms with Gasteiger partial charge >= 0.3 is 28.7 Å². The summed E-state index contributed by atoms with van der Waals surface area (Å²) < 4.78 is 83.5. The van der Waals surface area contributed by atoms with Crippen molar-refractivity contribution in [2.45, 2.75) is 16.8 Å². The van der Waals surface area contributed by atoms with Gasteiger partial charge in [0.15, 0.2) is 13.2 Å². The molecule has 0 heterocycles. The molecule has 2 aromatic carbocycles. The molecule has 0 unspecified atom stereocenters. The van der Waals surface area contributed by atoms with E-state index in [1.807, 2.05) is 0 Å². The summed E-state index contributed by atoms with van der Waals surface area (Å²) in [4.78, 5) is 34.4. The van der Waals surface area contributed by atoms with Crippen molar-refractivity contribution in [2.24, 2.45) is 0 Å². The minimum absolute atomic E-state index is 0.484. The summed E-state index contributed by atoms with van der Waals surface area (Å²) in [5.41, 5.74) is -3.37. The van der Waals surface area contributed by atoms with E-state index in [0.717, 1.165) is 24.3 Å². The molecule has 0 aliphatic heterocycles. The van der Waals surface area contributed by atoms with Crippen LogP contribution in [0.2, 0.25) is 0 Å². The first kappa shape index (κ1) is 26.1. The summed E-state index contributed by atoms with van der Waals surface area (Å²) in [6.07, 6.45) is -9.48. The van der Waals surface area contributed by atoms with Crippen molar-refractivity contribution < 1.29 is 50.3 Å². The van der Waals surface area contributed by atoms with Gasteiger partial charge in [0, 0.05) is 20.9 Å². The number of nitrogens with zero attached hydrogens (tertiary/aromatic N) is 1. The molecule has 0 radical (unpaired) electrons. The number of alkyl halides is 7. The highest BCUT2D eigenvalue weighted by Gasteiger charge is 2.44. The van der Waals surface area contributed by atoms with E-state index in [1.54, 1.807) is 0 Å². The van der Waals surface area contributed by atoms with E-state index < -0.39 is 69.1 Å². The molecule has 178 valence electrons. The third-order valence-electron chi connectivity index (χ3n) is 4.03. The van der Waals surface area contributed by atoms with Gasteiger partial charge in [0.1, 0.15) is 0 Å². The molecule has 0 N–H and O–H groups in total. The summed E-state index contributed by atoms with van der Waals surface area (Å²) in [6, 6.07) is 6.23. The van der Waals surface area contributed by atoms with Crippen LogP contribution in [0.4, 0.5) is 26.3 Å². The Morgan fingerprint density at radius 1 is 0.818 bits per heavy atom. The van der Waals surface area contributed by atoms with E-state index in [1.165, 1.54) is 0 Å². The lowest BCUT2D eigenvalue weighted by atomic mass is 10.1. The molecule has 2 rings (SSSR count). The quantitative estimate of drug-likeness (QED) is 0.120. The second kappa shape index (κ2) is 9.77. The summed E-state index contributed by atoms with van der Waals surface area (Å²) in [6.45, 7) is -2.16. The van der Waals surface area contributed by atoms with Gasteiger partial charge in [-0.2, -0.15) is 26.3 Å². The fourth-order valence-electron chi connectivity index (χ4n) is 2.31. The van der Waals surface area contributed by atoms with Crippen LogP contribution in [0.5, 0.6) is 0 Å². The van der Waals surface area contributed by atoms with Crippen molar-refractivity contribution >= 4 is 27.9 Å². The molecular weight excluding hydrogens is 532 g/mol. The summed E-state index contributed by atoms with van der Waals surface area (Å²) >= 11 is 2.63. The Morgan fingerprint density at radius 3 is 1.48 bits per heavy atom. The molecule has 14 heteroatoms. The number of halogens is 7. The first-order chi connectivity index (χ1) is 15.1. The van der Waals surface area contributed by atoms with Crippen molar-refractivity contribution in [1.82, 2.24) is 0 Å². The molecule has 0 saturated carbocycles. The number of carbonyl (C=O) groups excluding carboxylic acids is 2. The van der Waals surface area contributed by atoms with Crippen LogP contribution in [0, 0.1) is 10.1 Å². The van der Waals surface area contributed by atoms with Crippen LogP contribution in [0.3, 0.4) is 0 Å². The lowest BCUT2D eigenvalue weighted by Gasteiger charge is -2.19. The van der Waals surface area contributed by atoms with Crippen LogP contribution in [-0.2, 0) is 21.8 Å². The van der Waals surface area contributed by atoms with Crippen LogP contribution < -0.4 is 0 Å². The minimum Gasteiger partial charge on any atom is -0.453 e. The van der Waals surface area contributed by atoms with Gasteiger partial charge in [-0.1, -0.05) is 12.1 Å². The highest BCUT2D eigenvalue weighted by Crippen LogP contribution is 2.31. The van der Waals surface area contributed by atoms with Crippen LogP contribution in [0.15, 0.2) is 48.5 Å². The second-order valence-electron chi connectivity index (χ2n) is 6.48. The van der Waals surface area contributed by atoms with Gasteiger partial charge in [-0.05, 0) is 36.4 Å². The number of nitro groups is 1. The van der Waals surface area contributed by atoms with E-state index in [0.29, 0.717) is 24.3 Å². The predicted octanol–water partition coefficient (Wildman–Crippen LogP) is 5.11. The van der Waals surface area contributed by atoms with Gasteiger partial charge < -0.3 is 9.47 Å². The Balaban J connectivity index is 2.08. The largest absolute Gasteiger partial charge is 0.453 e. The molecule has 7 nitrogen and oxygen atoms in total. The second-order valence-corrected chi connectivity index (χ2v) is 7.96. The SMILES string of the molecule is O=C(OCC(Br)(COC(=O)c1cccc(C(F)(F)F)c1)[N+](=O)[O-])c1cccc(C(F)(F)F)c1. The Hall–Kier alpha value is -3.16. The van der Waals surface area contributed by atoms with Gasteiger partial charge in [0.2, 0.25) is 0 Å². The molecule has 0 aromatic heterocycles. The number of hydrogen-bond donors (Lipinski definition) is 0. The third-order valence-corrected chi connectivity index (χ3v) is 4.77. The average Bonchev–Trinajstić information content (AvgIpc) is 2.74. The zero-order chi connectivity index (χ0) is 25.0. The average molecular weight is 544 g/mol. The molecule has 33 heavy (non-hydrogen) atoms. The third kappa shape index (κ3) is 6.91. The van der Waals surface area contributed by atoms with Crippen molar-refractivity contribution in [1.29, 1.82) is 0 Å². The van der Waals surface area contributed by atoms with Gasteiger partial charge in [-0.3, -0.25) is 10.1 Å². The van der Waals surface area contributed by atoms with Gasteiger partial charge in [0.05, 0.1) is 22.3 Å². The molecule has 0 fully saturated rings. The van der Waals surface area contributed by atoms with Crippen molar-refractivity contribution in [3.8, 4) is 0 Å². The van der Waals surface area contributed by atoms with E-state index in [4.69, 9.17) is 0 Å². The Morgan fingerprint density at radius 2 is 1.18 bits per heavy atom. The molecule has 2 aromatic rings. The van der Waals surface area contributed by atoms with Crippen LogP contribution in [-0.4, -0.2) is 34.5 Å². The molecule has 0 spiro atoms. The lowest BCUT2D eigenvalue weighted by molar-refractivity contribution is -0.541. The highest BCUT2D eigenvalue weighted by atomic mass is 79.9. The van der Waals surface area contributed by atoms with Crippen molar-refractivity contribution in [3.05, 3.63) is 80.9 Å². The Kier molecular flexibility index (Phi) is 7.72. The Bertz CT molecular complexity index is 982. The smallest absolute Gasteiger partial charge is 0.416 e. The number of carbonyl (C=O) groups is 2. The monoisotopic (exact) mass is 543 g/mol. The number of hydrogen-bond acceptors (Lipinski definition) is 6. The topological polar surface area (TPSA) is 95.7 Å². The molecule has 0 amide bonds. The first-order valence-corrected chi connectivity index (χ1v) is 9.45. The van der Waals surface area contributed by atoms with Crippen LogP contribution >= 0.6 is 15.9 Å². The first-order valence-electron chi connectivity index (χ1n) is 8.66. The summed E-state index contributed by atoms with van der Waals surface area (Å²) in [5.74, 6) is -2.65. The molecule has 0 bridgehead atoms. The lowest BCUT2D eigenvalue weighted by Crippen LogP contribution is -2.42. The molecule has 0 aliphatic rings. The van der Waals surface area contributed by atoms with E-state index in [9.17, 15) is 46.0 Å². The normalized spacial score (nSPS) is 12.2. The van der Waals surface area contributed by atoms with Gasteiger partial charge in [-0.25, -0.2) is 9.59 Å². The van der Waals surface area contributed by atoms with Crippen molar-refractivity contribution in [3.63, 3.8) is 0 Å². The minimum atomic E-state index is -4.74. The maximum absolute atomic E-state index is 12.8. The molecule has 0 aliphatic carbocycles. The zero-order valence-corrected chi connectivity index (χ0v) is 17.7. The standard InChI is InChI=1S/C19H12BrF6NO6/c20-17(27(30)31,9-32-15(28)11-3-1-5-13(7-11)18(21,22)23)10-33-16(29)12-4-2-6-14(8-12)19(24,25)26/h1-8H,9-10H2. The van der Waals surface area contributed by atoms with E-state index in [2.05, 4.69) is 25.4 Å². The fourth-order valence-corrected chi connectivity index (χ4v) is 2.54. The van der Waals surface area contributed by atoms with Gasteiger partial charge in [-0.15, -0.1) is 0 Å². The predicted molar refractivity (Wildman–Crippen MR) is 102 cm³/mol. The van der Waals surface area contributed by atoms with Gasteiger partial charge in [0.25, 0.3) is 0 Å². The van der Waals surface area contributed by atoms with E-state index >= 15 is 0 Å². The highest BCUT2D eigenvalue weighted by molar-refractivity contribution is 9.10. The molecule has 0 atom stereocenters. The Labute approximate surface area is 189 Å². The number of esters is 2. The zero-order valence-electron chi connectivity index (χ0n) is 16.1. The number of rotatable bonds is 7. The molecule has 0 saturated heterocycles. The fraction of sp³-hybridized carbons (Fsp3) is 0.263. The maximum Gasteiger partial charge on any atom is 0.416 e. The van der Waals surface area contributed by atoms with Crippen LogP contribution in [0.1, 0.15) is 31.8 Å². The maximum atomic E-state index is 12.8.